The van der Waals surface area contributed by atoms with Crippen LogP contribution in [0.4, 0.5) is 0 Å². The van der Waals surface area contributed by atoms with Gasteiger partial charge in [-0.15, -0.1) is 11.3 Å². The van der Waals surface area contributed by atoms with E-state index < -0.39 is 0 Å². The molecule has 0 saturated heterocycles. The summed E-state index contributed by atoms with van der Waals surface area (Å²) in [5.74, 6) is 0. The highest BCUT2D eigenvalue weighted by molar-refractivity contribution is 7.10. The standard InChI is InChI=1S/C13H18ClNOS/c1-3-15-12(10-5-4-6-16-7-10)13-11(14)9(2)8-17-13/h7-8,12,15H,3-6H2,1-2H3. The molecule has 2 heterocycles. The quantitative estimate of drug-likeness (QED) is 0.892. The lowest BCUT2D eigenvalue weighted by Crippen LogP contribution is -2.23. The number of ether oxygens (including phenoxy) is 1. The van der Waals surface area contributed by atoms with Crippen molar-refractivity contribution in [1.82, 2.24) is 5.32 Å². The minimum atomic E-state index is 0.214. The number of thiophene rings is 1. The Morgan fingerprint density at radius 1 is 1.59 bits per heavy atom. The van der Waals surface area contributed by atoms with Crippen LogP contribution in [0.5, 0.6) is 0 Å². The molecule has 0 saturated carbocycles. The summed E-state index contributed by atoms with van der Waals surface area (Å²) in [5, 5.41) is 6.51. The lowest BCUT2D eigenvalue weighted by molar-refractivity contribution is 0.219. The first-order chi connectivity index (χ1) is 8.24. The van der Waals surface area contributed by atoms with E-state index >= 15 is 0 Å². The van der Waals surface area contributed by atoms with Crippen molar-refractivity contribution >= 4 is 22.9 Å². The van der Waals surface area contributed by atoms with Crippen LogP contribution in [0, 0.1) is 6.92 Å². The topological polar surface area (TPSA) is 21.3 Å². The Kier molecular flexibility index (Phi) is 4.48. The van der Waals surface area contributed by atoms with Crippen LogP contribution in [0.1, 0.15) is 36.2 Å². The van der Waals surface area contributed by atoms with Gasteiger partial charge in [0.2, 0.25) is 0 Å². The second-order valence-electron chi connectivity index (χ2n) is 4.25. The second kappa shape index (κ2) is 5.89. The summed E-state index contributed by atoms with van der Waals surface area (Å²) in [6.45, 7) is 5.93. The Morgan fingerprint density at radius 2 is 2.41 bits per heavy atom. The monoisotopic (exact) mass is 271 g/mol. The van der Waals surface area contributed by atoms with E-state index in [4.69, 9.17) is 16.3 Å². The van der Waals surface area contributed by atoms with Crippen LogP contribution in [0.25, 0.3) is 0 Å². The zero-order chi connectivity index (χ0) is 12.3. The maximum absolute atomic E-state index is 6.36. The molecule has 1 unspecified atom stereocenters. The van der Waals surface area contributed by atoms with Crippen molar-refractivity contribution in [2.24, 2.45) is 0 Å². The van der Waals surface area contributed by atoms with Gasteiger partial charge in [0, 0.05) is 4.88 Å². The van der Waals surface area contributed by atoms with Crippen molar-refractivity contribution in [2.75, 3.05) is 13.2 Å². The van der Waals surface area contributed by atoms with E-state index in [2.05, 4.69) is 24.5 Å². The number of hydrogen-bond acceptors (Lipinski definition) is 3. The number of halogens is 1. The minimum Gasteiger partial charge on any atom is -0.501 e. The van der Waals surface area contributed by atoms with Gasteiger partial charge < -0.3 is 10.1 Å². The van der Waals surface area contributed by atoms with Crippen LogP contribution >= 0.6 is 22.9 Å². The Bertz CT molecular complexity index is 414. The molecule has 94 valence electrons. The lowest BCUT2D eigenvalue weighted by Gasteiger charge is -2.23. The highest BCUT2D eigenvalue weighted by Gasteiger charge is 2.22. The van der Waals surface area contributed by atoms with Crippen molar-refractivity contribution in [3.05, 3.63) is 32.7 Å². The molecule has 1 aliphatic rings. The summed E-state index contributed by atoms with van der Waals surface area (Å²) < 4.78 is 5.44. The van der Waals surface area contributed by atoms with Gasteiger partial charge in [-0.2, -0.15) is 0 Å². The number of nitrogens with one attached hydrogen (secondary N) is 1. The largest absolute Gasteiger partial charge is 0.501 e. The van der Waals surface area contributed by atoms with E-state index in [1.807, 2.05) is 6.26 Å². The van der Waals surface area contributed by atoms with Gasteiger partial charge in [-0.3, -0.25) is 0 Å². The van der Waals surface area contributed by atoms with Gasteiger partial charge in [0.25, 0.3) is 0 Å². The first-order valence-corrected chi connectivity index (χ1v) is 7.27. The van der Waals surface area contributed by atoms with Crippen LogP contribution < -0.4 is 5.32 Å². The molecule has 0 aliphatic carbocycles. The van der Waals surface area contributed by atoms with Crippen LogP contribution in [0.15, 0.2) is 17.2 Å². The number of likely N-dealkylation sites (N-methyl/N-ethyl adjacent to an activating group) is 1. The molecule has 0 bridgehead atoms. The molecule has 1 N–H and O–H groups in total. The summed E-state index contributed by atoms with van der Waals surface area (Å²) in [5.41, 5.74) is 2.47. The SMILES string of the molecule is CCNC(C1=COCCC1)c1scc(C)c1Cl. The average molecular weight is 272 g/mol. The fourth-order valence-electron chi connectivity index (χ4n) is 2.04. The molecule has 0 spiro atoms. The predicted octanol–water partition coefficient (Wildman–Crippen LogP) is 4.05. The van der Waals surface area contributed by atoms with Crippen molar-refractivity contribution in [2.45, 2.75) is 32.7 Å². The highest BCUT2D eigenvalue weighted by Crippen LogP contribution is 2.37. The first-order valence-electron chi connectivity index (χ1n) is 6.01. The van der Waals surface area contributed by atoms with E-state index in [9.17, 15) is 0 Å². The Labute approximate surface area is 112 Å². The van der Waals surface area contributed by atoms with E-state index in [0.29, 0.717) is 0 Å². The molecule has 4 heteroatoms. The molecular formula is C13H18ClNOS. The average Bonchev–Trinajstić information content (AvgIpc) is 2.69. The highest BCUT2D eigenvalue weighted by atomic mass is 35.5. The van der Waals surface area contributed by atoms with Crippen molar-refractivity contribution in [3.63, 3.8) is 0 Å². The van der Waals surface area contributed by atoms with Crippen LogP contribution in [-0.4, -0.2) is 13.2 Å². The fourth-order valence-corrected chi connectivity index (χ4v) is 3.46. The third-order valence-electron chi connectivity index (χ3n) is 2.93. The summed E-state index contributed by atoms with van der Waals surface area (Å²) in [4.78, 5) is 1.21. The molecule has 0 aromatic carbocycles. The maximum Gasteiger partial charge on any atom is 0.0876 e. The van der Waals surface area contributed by atoms with Gasteiger partial charge in [-0.05, 0) is 42.8 Å². The Hall–Kier alpha value is -0.510. The molecule has 1 aromatic rings. The molecule has 1 atom stereocenters. The molecule has 0 radical (unpaired) electrons. The fraction of sp³-hybridized carbons (Fsp3) is 0.538. The summed E-state index contributed by atoms with van der Waals surface area (Å²) >= 11 is 8.09. The number of aryl methyl sites for hydroxylation is 1. The van der Waals surface area contributed by atoms with Gasteiger partial charge >= 0.3 is 0 Å². The Balaban J connectivity index is 2.28. The van der Waals surface area contributed by atoms with Crippen LogP contribution in [-0.2, 0) is 4.74 Å². The summed E-state index contributed by atoms with van der Waals surface area (Å²) in [7, 11) is 0. The normalized spacial score (nSPS) is 17.5. The van der Waals surface area contributed by atoms with Crippen molar-refractivity contribution in [1.29, 1.82) is 0 Å². The molecule has 2 nitrogen and oxygen atoms in total. The lowest BCUT2D eigenvalue weighted by atomic mass is 10.0. The molecule has 1 aliphatic heterocycles. The maximum atomic E-state index is 6.36. The van der Waals surface area contributed by atoms with E-state index in [1.165, 1.54) is 10.5 Å². The summed E-state index contributed by atoms with van der Waals surface area (Å²) in [6, 6.07) is 0.214. The molecular weight excluding hydrogens is 254 g/mol. The first kappa shape index (κ1) is 12.9. The zero-order valence-corrected chi connectivity index (χ0v) is 11.8. The van der Waals surface area contributed by atoms with Crippen molar-refractivity contribution < 1.29 is 4.74 Å². The van der Waals surface area contributed by atoms with E-state index in [0.717, 1.165) is 36.6 Å². The van der Waals surface area contributed by atoms with Crippen molar-refractivity contribution in [3.8, 4) is 0 Å². The molecule has 1 aromatic heterocycles. The van der Waals surface area contributed by atoms with Gasteiger partial charge in [0.1, 0.15) is 0 Å². The number of rotatable bonds is 4. The van der Waals surface area contributed by atoms with Crippen LogP contribution in [0.3, 0.4) is 0 Å². The third-order valence-corrected chi connectivity index (χ3v) is 4.71. The smallest absolute Gasteiger partial charge is 0.0876 e. The van der Waals surface area contributed by atoms with Crippen LogP contribution in [0.2, 0.25) is 5.02 Å². The zero-order valence-electron chi connectivity index (χ0n) is 10.3. The molecule has 0 fully saturated rings. The predicted molar refractivity (Wildman–Crippen MR) is 73.8 cm³/mol. The second-order valence-corrected chi connectivity index (χ2v) is 5.54. The molecule has 0 amide bonds. The third kappa shape index (κ3) is 2.84. The summed E-state index contributed by atoms with van der Waals surface area (Å²) in [6.07, 6.45) is 4.09. The van der Waals surface area contributed by atoms with Gasteiger partial charge in [-0.25, -0.2) is 0 Å². The van der Waals surface area contributed by atoms with E-state index in [-0.39, 0.29) is 6.04 Å². The van der Waals surface area contributed by atoms with E-state index in [1.54, 1.807) is 11.3 Å². The minimum absolute atomic E-state index is 0.214. The molecule has 2 rings (SSSR count). The van der Waals surface area contributed by atoms with Gasteiger partial charge in [-0.1, -0.05) is 18.5 Å². The Morgan fingerprint density at radius 3 is 2.94 bits per heavy atom. The van der Waals surface area contributed by atoms with Gasteiger partial charge in [0.05, 0.1) is 23.9 Å². The van der Waals surface area contributed by atoms with Gasteiger partial charge in [0.15, 0.2) is 0 Å². The molecule has 17 heavy (non-hydrogen) atoms. The number of hydrogen-bond donors (Lipinski definition) is 1.